The molecule has 0 saturated heterocycles. The van der Waals surface area contributed by atoms with Gasteiger partial charge in [-0.1, -0.05) is 12.1 Å². The number of ketones is 1. The lowest BCUT2D eigenvalue weighted by Gasteiger charge is -2.26. The standard InChI is InChI=1S/C14H7NO8/c16-8-5-14(20)10(17)12(18)23-15-7-4-2-1-3-6(7)9(21-8)11(15)22-13(14)19/h1-4,20H,5H2. The van der Waals surface area contributed by atoms with E-state index in [2.05, 4.69) is 0 Å². The van der Waals surface area contributed by atoms with Crippen LogP contribution < -0.4 is 14.3 Å². The fraction of sp³-hybridized carbons (Fsp3) is 0.143. The average Bonchev–Trinajstić information content (AvgIpc) is 2.78. The van der Waals surface area contributed by atoms with Crippen LogP contribution in [0.4, 0.5) is 0 Å². The highest BCUT2D eigenvalue weighted by Crippen LogP contribution is 2.41. The van der Waals surface area contributed by atoms with Crippen LogP contribution >= 0.6 is 0 Å². The first-order chi connectivity index (χ1) is 10.9. The fourth-order valence-corrected chi connectivity index (χ4v) is 2.51. The first-order valence-corrected chi connectivity index (χ1v) is 6.47. The molecule has 2 aliphatic heterocycles. The van der Waals surface area contributed by atoms with Gasteiger partial charge in [0.2, 0.25) is 11.4 Å². The van der Waals surface area contributed by atoms with Crippen LogP contribution in [0, 0.1) is 0 Å². The van der Waals surface area contributed by atoms with Crippen LogP contribution in [0.3, 0.4) is 0 Å². The molecule has 1 N–H and O–H groups in total. The van der Waals surface area contributed by atoms with Gasteiger partial charge in [0.05, 0.1) is 17.3 Å². The summed E-state index contributed by atoms with van der Waals surface area (Å²) < 4.78 is 10.8. The number of hydrogen-bond acceptors (Lipinski definition) is 8. The monoisotopic (exact) mass is 317 g/mol. The van der Waals surface area contributed by atoms with Crippen molar-refractivity contribution in [2.45, 2.75) is 12.0 Å². The van der Waals surface area contributed by atoms with Crippen LogP contribution in [0.5, 0.6) is 11.6 Å². The number of esters is 2. The number of Topliss-reactive ketones (excluding diaryl/α,β-unsaturated/α-hetero) is 1. The van der Waals surface area contributed by atoms with Gasteiger partial charge in [-0.25, -0.2) is 9.59 Å². The number of benzene rings is 1. The van der Waals surface area contributed by atoms with Crippen molar-refractivity contribution in [3.8, 4) is 11.6 Å². The molecule has 0 spiro atoms. The number of hydrogen-bond donors (Lipinski definition) is 1. The van der Waals surface area contributed by atoms with Gasteiger partial charge < -0.3 is 19.4 Å². The summed E-state index contributed by atoms with van der Waals surface area (Å²) in [6, 6.07) is 6.29. The van der Waals surface area contributed by atoms with E-state index in [1.807, 2.05) is 0 Å². The van der Waals surface area contributed by atoms with E-state index in [0.29, 0.717) is 5.39 Å². The third-order valence-corrected chi connectivity index (χ3v) is 3.62. The minimum absolute atomic E-state index is 0.136. The Morgan fingerprint density at radius 2 is 1.83 bits per heavy atom. The number of aliphatic hydroxyl groups is 1. The lowest BCUT2D eigenvalue weighted by Crippen LogP contribution is -2.57. The van der Waals surface area contributed by atoms with E-state index >= 15 is 0 Å². The Kier molecular flexibility index (Phi) is 2.44. The van der Waals surface area contributed by atoms with Crippen molar-refractivity contribution in [2.75, 3.05) is 0 Å². The van der Waals surface area contributed by atoms with Gasteiger partial charge in [-0.05, 0) is 12.1 Å². The minimum atomic E-state index is -2.98. The molecular formula is C14H7NO8. The number of carbonyl (C=O) groups excluding carboxylic acids is 4. The van der Waals surface area contributed by atoms with Crippen LogP contribution in [-0.2, 0) is 19.2 Å². The van der Waals surface area contributed by atoms with Crippen LogP contribution in [0.15, 0.2) is 24.3 Å². The summed E-state index contributed by atoms with van der Waals surface area (Å²) >= 11 is 0. The Labute approximate surface area is 126 Å². The Bertz CT molecular complexity index is 926. The molecule has 9 nitrogen and oxygen atoms in total. The van der Waals surface area contributed by atoms with E-state index in [9.17, 15) is 24.3 Å². The number of para-hydroxylation sites is 1. The fourth-order valence-electron chi connectivity index (χ4n) is 2.51. The maximum absolute atomic E-state index is 12.1. The molecular weight excluding hydrogens is 310 g/mol. The van der Waals surface area contributed by atoms with Crippen molar-refractivity contribution in [3.05, 3.63) is 24.3 Å². The Morgan fingerprint density at radius 3 is 2.61 bits per heavy atom. The molecule has 1 aromatic heterocycles. The summed E-state index contributed by atoms with van der Waals surface area (Å²) in [6.07, 6.45) is -1.06. The lowest BCUT2D eigenvalue weighted by atomic mass is 9.94. The molecule has 0 amide bonds. The molecule has 1 aromatic carbocycles. The molecule has 2 bridgehead atoms. The smallest absolute Gasteiger partial charge is 0.403 e. The number of fused-ring (bicyclic) bond motifs is 5. The molecule has 116 valence electrons. The predicted molar refractivity (Wildman–Crippen MR) is 69.4 cm³/mol. The highest BCUT2D eigenvalue weighted by atomic mass is 16.7. The van der Waals surface area contributed by atoms with E-state index < -0.39 is 41.6 Å². The topological polar surface area (TPSA) is 121 Å². The molecule has 0 radical (unpaired) electrons. The van der Waals surface area contributed by atoms with Gasteiger partial charge in [0.25, 0.3) is 11.7 Å². The van der Waals surface area contributed by atoms with E-state index in [4.69, 9.17) is 14.3 Å². The maximum Gasteiger partial charge on any atom is 0.403 e. The molecule has 23 heavy (non-hydrogen) atoms. The molecule has 0 fully saturated rings. The molecule has 4 rings (SSSR count). The van der Waals surface area contributed by atoms with Gasteiger partial charge in [0, 0.05) is 0 Å². The van der Waals surface area contributed by atoms with E-state index in [0.717, 1.165) is 4.73 Å². The SMILES string of the molecule is O=C1CC2(O)C(=O)Oc3c(c4ccccc4n3OC(=O)C2=O)O1. The second-order valence-electron chi connectivity index (χ2n) is 5.05. The van der Waals surface area contributed by atoms with Crippen molar-refractivity contribution in [1.82, 2.24) is 4.73 Å². The van der Waals surface area contributed by atoms with E-state index in [1.165, 1.54) is 6.07 Å². The number of ether oxygens (including phenoxy) is 2. The molecule has 1 atom stereocenters. The van der Waals surface area contributed by atoms with Gasteiger partial charge in [-0.15, -0.1) is 4.73 Å². The summed E-state index contributed by atoms with van der Waals surface area (Å²) in [4.78, 5) is 52.9. The molecule has 9 heteroatoms. The number of carbonyl (C=O) groups is 4. The van der Waals surface area contributed by atoms with E-state index in [-0.39, 0.29) is 11.3 Å². The Balaban J connectivity index is 2.11. The van der Waals surface area contributed by atoms with Gasteiger partial charge >= 0.3 is 17.9 Å². The van der Waals surface area contributed by atoms with Gasteiger partial charge in [0.15, 0.2) is 0 Å². The summed E-state index contributed by atoms with van der Waals surface area (Å²) in [5.41, 5.74) is -2.74. The van der Waals surface area contributed by atoms with Crippen molar-refractivity contribution in [1.29, 1.82) is 0 Å². The van der Waals surface area contributed by atoms with Crippen molar-refractivity contribution in [3.63, 3.8) is 0 Å². The first kappa shape index (κ1) is 13.5. The molecule has 0 aliphatic carbocycles. The summed E-state index contributed by atoms with van der Waals surface area (Å²) in [5.74, 6) is -6.14. The molecule has 0 saturated carbocycles. The van der Waals surface area contributed by atoms with Gasteiger partial charge in [0.1, 0.15) is 0 Å². The largest absolute Gasteiger partial charge is 0.420 e. The second kappa shape index (κ2) is 4.17. The van der Waals surface area contributed by atoms with E-state index in [1.54, 1.807) is 18.2 Å². The summed E-state index contributed by atoms with van der Waals surface area (Å²) in [5, 5.41) is 10.5. The summed E-state index contributed by atoms with van der Waals surface area (Å²) in [6.45, 7) is 0. The number of rotatable bonds is 0. The second-order valence-corrected chi connectivity index (χ2v) is 5.05. The highest BCUT2D eigenvalue weighted by Gasteiger charge is 2.55. The molecule has 3 heterocycles. The lowest BCUT2D eigenvalue weighted by molar-refractivity contribution is -0.180. The third kappa shape index (κ3) is 1.64. The van der Waals surface area contributed by atoms with Crippen LogP contribution in [-0.4, -0.2) is 39.1 Å². The molecule has 2 aliphatic rings. The van der Waals surface area contributed by atoms with Crippen molar-refractivity contribution < 1.29 is 38.6 Å². The zero-order valence-electron chi connectivity index (χ0n) is 11.3. The highest BCUT2D eigenvalue weighted by molar-refractivity contribution is 6.42. The van der Waals surface area contributed by atoms with Gasteiger partial charge in [-0.2, -0.15) is 0 Å². The number of nitrogens with zero attached hydrogens (tertiary/aromatic N) is 1. The quantitative estimate of drug-likeness (QED) is 0.378. The van der Waals surface area contributed by atoms with Crippen LogP contribution in [0.1, 0.15) is 6.42 Å². The first-order valence-electron chi connectivity index (χ1n) is 6.47. The van der Waals surface area contributed by atoms with Crippen LogP contribution in [0.25, 0.3) is 10.9 Å². The van der Waals surface area contributed by atoms with Crippen molar-refractivity contribution >= 4 is 34.6 Å². The van der Waals surface area contributed by atoms with Gasteiger partial charge in [-0.3, -0.25) is 9.59 Å². The predicted octanol–water partition coefficient (Wildman–Crippen LogP) is -0.875. The molecule has 2 aromatic rings. The average molecular weight is 317 g/mol. The van der Waals surface area contributed by atoms with Crippen LogP contribution in [0.2, 0.25) is 0 Å². The zero-order chi connectivity index (χ0) is 16.4. The van der Waals surface area contributed by atoms with Crippen molar-refractivity contribution in [2.24, 2.45) is 0 Å². The zero-order valence-corrected chi connectivity index (χ0v) is 11.3. The Hall–Kier alpha value is -3.20. The minimum Gasteiger partial charge on any atom is -0.420 e. The third-order valence-electron chi connectivity index (χ3n) is 3.62. The summed E-state index contributed by atoms with van der Waals surface area (Å²) in [7, 11) is 0. The normalized spacial score (nSPS) is 23.5. The Morgan fingerprint density at radius 1 is 1.09 bits per heavy atom. The number of aromatic nitrogens is 1. The molecule has 1 unspecified atom stereocenters. The maximum atomic E-state index is 12.1.